The minimum Gasteiger partial charge on any atom is -0.493 e. The Hall–Kier alpha value is -1.69. The summed E-state index contributed by atoms with van der Waals surface area (Å²) in [6.07, 6.45) is 0. The van der Waals surface area contributed by atoms with E-state index in [2.05, 4.69) is 10.3 Å². The van der Waals surface area contributed by atoms with E-state index in [1.807, 2.05) is 0 Å². The van der Waals surface area contributed by atoms with Crippen molar-refractivity contribution in [3.63, 3.8) is 0 Å². The van der Waals surface area contributed by atoms with Gasteiger partial charge in [0.1, 0.15) is 17.3 Å². The van der Waals surface area contributed by atoms with E-state index in [1.54, 1.807) is 0 Å². The number of hydrogen-bond donors (Lipinski definition) is 2. The lowest BCUT2D eigenvalue weighted by Crippen LogP contribution is -1.96. The van der Waals surface area contributed by atoms with Gasteiger partial charge in [-0.15, -0.1) is 11.3 Å². The predicted octanol–water partition coefficient (Wildman–Crippen LogP) is 2.87. The minimum atomic E-state index is -0.704. The van der Waals surface area contributed by atoms with Crippen molar-refractivity contribution in [2.24, 2.45) is 0 Å². The summed E-state index contributed by atoms with van der Waals surface area (Å²) in [5.41, 5.74) is -0.271. The third-order valence-corrected chi connectivity index (χ3v) is 2.43. The van der Waals surface area contributed by atoms with E-state index in [-0.39, 0.29) is 16.7 Å². The molecule has 0 amide bonds. The van der Waals surface area contributed by atoms with Crippen LogP contribution in [0.4, 0.5) is 19.6 Å². The Morgan fingerprint density at radius 3 is 2.47 bits per heavy atom. The normalized spacial score (nSPS) is 10.3. The Morgan fingerprint density at radius 2 is 1.93 bits per heavy atom. The van der Waals surface area contributed by atoms with Crippen molar-refractivity contribution in [3.8, 4) is 5.88 Å². The maximum absolute atomic E-state index is 13.2. The molecule has 0 atom stereocenters. The van der Waals surface area contributed by atoms with Gasteiger partial charge in [-0.3, -0.25) is 0 Å². The Labute approximate surface area is 88.0 Å². The zero-order chi connectivity index (χ0) is 10.8. The lowest BCUT2D eigenvalue weighted by molar-refractivity contribution is 0.458. The van der Waals surface area contributed by atoms with Gasteiger partial charge in [-0.1, -0.05) is 6.07 Å². The molecule has 0 aliphatic rings. The number of nitrogens with one attached hydrogen (secondary N) is 1. The molecule has 2 N–H and O–H groups in total. The Balaban J connectivity index is 2.31. The maximum Gasteiger partial charge on any atom is 0.223 e. The highest BCUT2D eigenvalue weighted by Crippen LogP contribution is 2.26. The topological polar surface area (TPSA) is 45.1 Å². The molecule has 3 nitrogen and oxygen atoms in total. The number of anilines is 2. The SMILES string of the molecule is Oc1csc(Nc2c(F)cccc2F)n1. The molecule has 2 rings (SSSR count). The van der Waals surface area contributed by atoms with Crippen LogP contribution in [0.3, 0.4) is 0 Å². The molecule has 0 aliphatic carbocycles. The fraction of sp³-hybridized carbons (Fsp3) is 0. The average Bonchev–Trinajstić information content (AvgIpc) is 2.58. The first-order valence-electron chi connectivity index (χ1n) is 4.02. The van der Waals surface area contributed by atoms with Gasteiger partial charge >= 0.3 is 0 Å². The largest absolute Gasteiger partial charge is 0.493 e. The average molecular weight is 228 g/mol. The highest BCUT2D eigenvalue weighted by atomic mass is 32.1. The van der Waals surface area contributed by atoms with Crippen molar-refractivity contribution < 1.29 is 13.9 Å². The highest BCUT2D eigenvalue weighted by Gasteiger charge is 2.10. The minimum absolute atomic E-state index is 0.181. The van der Waals surface area contributed by atoms with Crippen LogP contribution in [-0.2, 0) is 0 Å². The van der Waals surface area contributed by atoms with Crippen molar-refractivity contribution >= 4 is 22.2 Å². The lowest BCUT2D eigenvalue weighted by Gasteiger charge is -2.04. The molecule has 1 aromatic carbocycles. The van der Waals surface area contributed by atoms with Crippen LogP contribution in [0.25, 0.3) is 0 Å². The standard InChI is InChI=1S/C9H6F2N2OS/c10-5-2-1-3-6(11)8(5)13-9-12-7(14)4-15-9/h1-4,14H,(H,12,13). The van der Waals surface area contributed by atoms with E-state index < -0.39 is 11.6 Å². The number of hydrogen-bond acceptors (Lipinski definition) is 4. The molecule has 6 heteroatoms. The van der Waals surface area contributed by atoms with Crippen LogP contribution >= 0.6 is 11.3 Å². The van der Waals surface area contributed by atoms with E-state index in [0.717, 1.165) is 23.5 Å². The second kappa shape index (κ2) is 3.82. The number of aromatic hydroxyl groups is 1. The van der Waals surface area contributed by atoms with E-state index in [4.69, 9.17) is 5.11 Å². The van der Waals surface area contributed by atoms with Crippen molar-refractivity contribution in [1.29, 1.82) is 0 Å². The summed E-state index contributed by atoms with van der Waals surface area (Å²) in [5, 5.41) is 13.0. The van der Waals surface area contributed by atoms with E-state index in [1.165, 1.54) is 11.4 Å². The fourth-order valence-corrected chi connectivity index (χ4v) is 1.62. The highest BCUT2D eigenvalue weighted by molar-refractivity contribution is 7.13. The van der Waals surface area contributed by atoms with Crippen LogP contribution in [0.15, 0.2) is 23.6 Å². The van der Waals surface area contributed by atoms with E-state index in [0.29, 0.717) is 0 Å². The van der Waals surface area contributed by atoms with Gasteiger partial charge in [0.25, 0.3) is 0 Å². The number of nitrogens with zero attached hydrogens (tertiary/aromatic N) is 1. The molecule has 0 saturated heterocycles. The quantitative estimate of drug-likeness (QED) is 0.830. The van der Waals surface area contributed by atoms with Crippen molar-refractivity contribution in [2.75, 3.05) is 5.32 Å². The van der Waals surface area contributed by atoms with Crippen LogP contribution in [0.5, 0.6) is 5.88 Å². The number of aromatic nitrogens is 1. The fourth-order valence-electron chi connectivity index (χ4n) is 1.05. The van der Waals surface area contributed by atoms with Gasteiger partial charge in [0.15, 0.2) is 5.13 Å². The van der Waals surface area contributed by atoms with Crippen molar-refractivity contribution in [1.82, 2.24) is 4.98 Å². The van der Waals surface area contributed by atoms with Gasteiger partial charge in [0.2, 0.25) is 5.88 Å². The monoisotopic (exact) mass is 228 g/mol. The zero-order valence-corrected chi connectivity index (χ0v) is 8.18. The van der Waals surface area contributed by atoms with Crippen LogP contribution in [0.2, 0.25) is 0 Å². The summed E-state index contributed by atoms with van der Waals surface area (Å²) in [4.78, 5) is 3.62. The van der Waals surface area contributed by atoms with Gasteiger partial charge in [-0.05, 0) is 12.1 Å². The van der Waals surface area contributed by atoms with Gasteiger partial charge in [0.05, 0.1) is 5.38 Å². The second-order valence-corrected chi connectivity index (χ2v) is 3.59. The number of benzene rings is 1. The Bertz CT molecular complexity index is 466. The van der Waals surface area contributed by atoms with Gasteiger partial charge in [0, 0.05) is 0 Å². The summed E-state index contributed by atoms with van der Waals surface area (Å²) in [6.45, 7) is 0. The Morgan fingerprint density at radius 1 is 1.27 bits per heavy atom. The maximum atomic E-state index is 13.2. The third kappa shape index (κ3) is 2.04. The summed E-state index contributed by atoms with van der Waals surface area (Å²) in [6, 6.07) is 3.55. The summed E-state index contributed by atoms with van der Waals surface area (Å²) < 4.78 is 26.3. The molecule has 0 aliphatic heterocycles. The molecule has 0 spiro atoms. The molecule has 0 bridgehead atoms. The molecule has 78 valence electrons. The van der Waals surface area contributed by atoms with E-state index >= 15 is 0 Å². The second-order valence-electron chi connectivity index (χ2n) is 2.73. The zero-order valence-electron chi connectivity index (χ0n) is 7.37. The number of rotatable bonds is 2. The summed E-state index contributed by atoms with van der Waals surface area (Å²) in [7, 11) is 0. The number of halogens is 2. The lowest BCUT2D eigenvalue weighted by atomic mass is 10.3. The molecule has 0 unspecified atom stereocenters. The molecule has 1 aromatic heterocycles. The smallest absolute Gasteiger partial charge is 0.223 e. The summed E-state index contributed by atoms with van der Waals surface area (Å²) >= 11 is 1.06. The van der Waals surface area contributed by atoms with E-state index in [9.17, 15) is 8.78 Å². The van der Waals surface area contributed by atoms with Crippen LogP contribution < -0.4 is 5.32 Å². The summed E-state index contributed by atoms with van der Waals surface area (Å²) in [5.74, 6) is -1.59. The van der Waals surface area contributed by atoms with Crippen LogP contribution in [0.1, 0.15) is 0 Å². The molecule has 0 fully saturated rings. The molecule has 2 aromatic rings. The van der Waals surface area contributed by atoms with Crippen LogP contribution in [0, 0.1) is 11.6 Å². The molecule has 0 radical (unpaired) electrons. The number of para-hydroxylation sites is 1. The third-order valence-electron chi connectivity index (χ3n) is 1.69. The molecule has 15 heavy (non-hydrogen) atoms. The van der Waals surface area contributed by atoms with Gasteiger partial charge in [-0.25, -0.2) is 8.78 Å². The van der Waals surface area contributed by atoms with Gasteiger partial charge in [-0.2, -0.15) is 4.98 Å². The Kier molecular flexibility index (Phi) is 2.51. The molecular formula is C9H6F2N2OS. The number of thiazole rings is 1. The first-order chi connectivity index (χ1) is 7.16. The first kappa shape index (κ1) is 9.85. The molecular weight excluding hydrogens is 222 g/mol. The van der Waals surface area contributed by atoms with Crippen molar-refractivity contribution in [2.45, 2.75) is 0 Å². The van der Waals surface area contributed by atoms with Crippen LogP contribution in [-0.4, -0.2) is 10.1 Å². The van der Waals surface area contributed by atoms with Crippen molar-refractivity contribution in [3.05, 3.63) is 35.2 Å². The predicted molar refractivity (Wildman–Crippen MR) is 53.4 cm³/mol. The van der Waals surface area contributed by atoms with Gasteiger partial charge < -0.3 is 10.4 Å². The first-order valence-corrected chi connectivity index (χ1v) is 4.90. The molecule has 1 heterocycles. The molecule has 0 saturated carbocycles.